The van der Waals surface area contributed by atoms with Gasteiger partial charge in [-0.15, -0.1) is 0 Å². The Balaban J connectivity index is 1.84. The van der Waals surface area contributed by atoms with Gasteiger partial charge < -0.3 is 20.4 Å². The maximum absolute atomic E-state index is 11.0. The van der Waals surface area contributed by atoms with Gasteiger partial charge in [-0.05, 0) is 37.1 Å². The van der Waals surface area contributed by atoms with Crippen molar-refractivity contribution < 1.29 is 9.90 Å². The minimum absolute atomic E-state index is 0.151. The van der Waals surface area contributed by atoms with Gasteiger partial charge in [0, 0.05) is 6.20 Å². The molecule has 21 heavy (non-hydrogen) atoms. The summed E-state index contributed by atoms with van der Waals surface area (Å²) in [5.41, 5.74) is 5.01. The van der Waals surface area contributed by atoms with Gasteiger partial charge in [0.25, 0.3) is 0 Å². The molecule has 6 nitrogen and oxygen atoms in total. The lowest BCUT2D eigenvalue weighted by atomic mass is 10.1. The predicted octanol–water partition coefficient (Wildman–Crippen LogP) is 2.82. The van der Waals surface area contributed by atoms with Crippen molar-refractivity contribution in [2.24, 2.45) is 0 Å². The van der Waals surface area contributed by atoms with E-state index in [0.29, 0.717) is 12.2 Å². The zero-order valence-corrected chi connectivity index (χ0v) is 11.8. The van der Waals surface area contributed by atoms with E-state index in [2.05, 4.69) is 33.3 Å². The number of aromatic amines is 2. The zero-order chi connectivity index (χ0) is 15.0. The molecule has 0 radical (unpaired) electrons. The summed E-state index contributed by atoms with van der Waals surface area (Å²) >= 11 is 0. The highest BCUT2D eigenvalue weighted by molar-refractivity contribution is 5.92. The molecule has 0 amide bonds. The molecule has 0 unspecified atom stereocenters. The summed E-state index contributed by atoms with van der Waals surface area (Å²) in [7, 11) is 0. The van der Waals surface area contributed by atoms with E-state index >= 15 is 0 Å². The van der Waals surface area contributed by atoms with Crippen LogP contribution in [-0.2, 0) is 6.54 Å². The van der Waals surface area contributed by atoms with Gasteiger partial charge in [0.1, 0.15) is 11.5 Å². The van der Waals surface area contributed by atoms with E-state index in [-0.39, 0.29) is 5.69 Å². The van der Waals surface area contributed by atoms with E-state index in [1.807, 2.05) is 13.0 Å². The van der Waals surface area contributed by atoms with Crippen LogP contribution >= 0.6 is 0 Å². The predicted molar refractivity (Wildman–Crippen MR) is 80.6 cm³/mol. The molecule has 0 spiro atoms. The Bertz CT molecular complexity index is 816. The highest BCUT2D eigenvalue weighted by atomic mass is 16.4. The number of anilines is 1. The van der Waals surface area contributed by atoms with Crippen molar-refractivity contribution in [1.82, 2.24) is 15.0 Å². The fourth-order valence-electron chi connectivity index (χ4n) is 2.32. The number of imidazole rings is 1. The molecule has 0 aliphatic carbocycles. The number of H-pyrrole nitrogens is 2. The highest BCUT2D eigenvalue weighted by Gasteiger charge is 2.12. The van der Waals surface area contributed by atoms with Crippen LogP contribution in [0.25, 0.3) is 11.0 Å². The van der Waals surface area contributed by atoms with Crippen LogP contribution in [0.1, 0.15) is 27.4 Å². The lowest BCUT2D eigenvalue weighted by Gasteiger charge is -2.02. The van der Waals surface area contributed by atoms with Gasteiger partial charge in [0.05, 0.1) is 23.3 Å². The standard InChI is InChI=1S/C15H16N4O2/c1-8-3-4-11-13(9(8)2)19-12(18-11)7-17-10-5-6-16-14(10)15(20)21/h3-6,16-17H,7H2,1-2H3,(H,18,19)(H,20,21). The van der Waals surface area contributed by atoms with Crippen LogP contribution in [-0.4, -0.2) is 26.0 Å². The fourth-order valence-corrected chi connectivity index (χ4v) is 2.32. The number of rotatable bonds is 4. The van der Waals surface area contributed by atoms with Crippen LogP contribution in [0.15, 0.2) is 24.4 Å². The molecule has 0 aliphatic heterocycles. The van der Waals surface area contributed by atoms with Gasteiger partial charge in [-0.25, -0.2) is 9.78 Å². The first kappa shape index (κ1) is 13.2. The van der Waals surface area contributed by atoms with E-state index in [0.717, 1.165) is 22.4 Å². The number of carboxylic acid groups (broad SMARTS) is 1. The molecule has 0 aliphatic rings. The molecule has 6 heteroatoms. The topological polar surface area (TPSA) is 93.8 Å². The molecule has 0 saturated heterocycles. The van der Waals surface area contributed by atoms with Crippen molar-refractivity contribution in [3.8, 4) is 0 Å². The SMILES string of the molecule is Cc1ccc2[nH]c(CNc3cc[nH]c3C(=O)O)nc2c1C. The first-order valence-corrected chi connectivity index (χ1v) is 6.65. The Morgan fingerprint density at radius 1 is 1.33 bits per heavy atom. The molecule has 1 aromatic carbocycles. The smallest absolute Gasteiger partial charge is 0.354 e. The normalized spacial score (nSPS) is 11.0. The van der Waals surface area contributed by atoms with Crippen LogP contribution in [0.4, 0.5) is 5.69 Å². The van der Waals surface area contributed by atoms with E-state index in [4.69, 9.17) is 5.11 Å². The number of hydrogen-bond acceptors (Lipinski definition) is 3. The number of nitrogens with zero attached hydrogens (tertiary/aromatic N) is 1. The monoisotopic (exact) mass is 284 g/mol. The van der Waals surface area contributed by atoms with Crippen LogP contribution in [0, 0.1) is 13.8 Å². The van der Waals surface area contributed by atoms with Gasteiger partial charge >= 0.3 is 5.97 Å². The molecule has 2 aromatic heterocycles. The third kappa shape index (κ3) is 2.35. The Morgan fingerprint density at radius 3 is 2.90 bits per heavy atom. The Morgan fingerprint density at radius 2 is 2.14 bits per heavy atom. The molecule has 2 heterocycles. The lowest BCUT2D eigenvalue weighted by Crippen LogP contribution is -2.06. The first-order chi connectivity index (χ1) is 10.1. The summed E-state index contributed by atoms with van der Waals surface area (Å²) in [5, 5.41) is 12.1. The molecule has 3 aromatic rings. The molecule has 0 fully saturated rings. The van der Waals surface area contributed by atoms with E-state index < -0.39 is 5.97 Å². The number of aryl methyl sites for hydroxylation is 2. The van der Waals surface area contributed by atoms with Crippen LogP contribution < -0.4 is 5.32 Å². The number of nitrogens with one attached hydrogen (secondary N) is 3. The Kier molecular flexibility index (Phi) is 3.13. The maximum atomic E-state index is 11.0. The van der Waals surface area contributed by atoms with Crippen molar-refractivity contribution in [3.05, 3.63) is 47.0 Å². The summed E-state index contributed by atoms with van der Waals surface area (Å²) < 4.78 is 0. The number of fused-ring (bicyclic) bond motifs is 1. The summed E-state index contributed by atoms with van der Waals surface area (Å²) in [6, 6.07) is 5.76. The first-order valence-electron chi connectivity index (χ1n) is 6.65. The third-order valence-electron chi connectivity index (χ3n) is 3.63. The molecule has 3 rings (SSSR count). The largest absolute Gasteiger partial charge is 0.477 e. The number of aromatic carboxylic acids is 1. The summed E-state index contributed by atoms with van der Waals surface area (Å²) in [6.07, 6.45) is 1.60. The molecule has 4 N–H and O–H groups in total. The van der Waals surface area contributed by atoms with Gasteiger partial charge in [-0.1, -0.05) is 6.07 Å². The molecular weight excluding hydrogens is 268 g/mol. The zero-order valence-electron chi connectivity index (χ0n) is 11.8. The summed E-state index contributed by atoms with van der Waals surface area (Å²) in [4.78, 5) is 21.5. The van der Waals surface area contributed by atoms with Crippen molar-refractivity contribution in [1.29, 1.82) is 0 Å². The lowest BCUT2D eigenvalue weighted by molar-refractivity contribution is 0.0692. The minimum Gasteiger partial charge on any atom is -0.477 e. The molecule has 0 saturated carbocycles. The van der Waals surface area contributed by atoms with Gasteiger partial charge in [-0.2, -0.15) is 0 Å². The van der Waals surface area contributed by atoms with E-state index in [9.17, 15) is 4.79 Å². The fraction of sp³-hybridized carbons (Fsp3) is 0.200. The van der Waals surface area contributed by atoms with E-state index in [1.54, 1.807) is 12.3 Å². The molecular formula is C15H16N4O2. The third-order valence-corrected chi connectivity index (χ3v) is 3.63. The van der Waals surface area contributed by atoms with E-state index in [1.165, 1.54) is 5.56 Å². The average Bonchev–Trinajstić information content (AvgIpc) is 3.07. The van der Waals surface area contributed by atoms with Crippen LogP contribution in [0.2, 0.25) is 0 Å². The van der Waals surface area contributed by atoms with Crippen molar-refractivity contribution in [2.75, 3.05) is 5.32 Å². The quantitative estimate of drug-likeness (QED) is 0.592. The summed E-state index contributed by atoms with van der Waals surface area (Å²) in [6.45, 7) is 4.54. The Labute approximate surface area is 121 Å². The second kappa shape index (κ2) is 4.97. The highest BCUT2D eigenvalue weighted by Crippen LogP contribution is 2.20. The van der Waals surface area contributed by atoms with Crippen molar-refractivity contribution >= 4 is 22.7 Å². The molecule has 0 bridgehead atoms. The minimum atomic E-state index is -0.987. The number of benzene rings is 1. The van der Waals surface area contributed by atoms with Crippen molar-refractivity contribution in [3.63, 3.8) is 0 Å². The average molecular weight is 284 g/mol. The van der Waals surface area contributed by atoms with Crippen LogP contribution in [0.5, 0.6) is 0 Å². The van der Waals surface area contributed by atoms with Crippen molar-refractivity contribution in [2.45, 2.75) is 20.4 Å². The van der Waals surface area contributed by atoms with Gasteiger partial charge in [-0.3, -0.25) is 0 Å². The Hall–Kier alpha value is -2.76. The number of carbonyl (C=O) groups is 1. The van der Waals surface area contributed by atoms with Crippen LogP contribution in [0.3, 0.4) is 0 Å². The number of carboxylic acids is 1. The number of hydrogen-bond donors (Lipinski definition) is 4. The molecule has 0 atom stereocenters. The maximum Gasteiger partial charge on any atom is 0.354 e. The second-order valence-electron chi connectivity index (χ2n) is 5.01. The van der Waals surface area contributed by atoms with Gasteiger partial charge in [0.15, 0.2) is 0 Å². The number of aromatic nitrogens is 3. The second-order valence-corrected chi connectivity index (χ2v) is 5.01. The molecule has 108 valence electrons. The summed E-state index contributed by atoms with van der Waals surface area (Å²) in [5.74, 6) is -0.213. The van der Waals surface area contributed by atoms with Gasteiger partial charge in [0.2, 0.25) is 0 Å².